The quantitative estimate of drug-likeness (QED) is 0.712. The Balaban J connectivity index is 2.36. The molecule has 3 rings (SSSR count). The van der Waals surface area contributed by atoms with Crippen molar-refractivity contribution < 1.29 is 10.2 Å². The predicted molar refractivity (Wildman–Crippen MR) is 83.0 cm³/mol. The lowest BCUT2D eigenvalue weighted by atomic mass is 9.93. The van der Waals surface area contributed by atoms with Crippen molar-refractivity contribution in [1.29, 1.82) is 0 Å². The van der Waals surface area contributed by atoms with E-state index in [0.29, 0.717) is 12.8 Å². The average Bonchev–Trinajstić information content (AvgIpc) is 2.48. The molecule has 0 aliphatic carbocycles. The second-order valence-electron chi connectivity index (χ2n) is 5.04. The molecular weight excluding hydrogens is 248 g/mol. The van der Waals surface area contributed by atoms with Gasteiger partial charge in [-0.05, 0) is 45.5 Å². The largest absolute Gasteiger partial charge is 0.396 e. The lowest BCUT2D eigenvalue weighted by molar-refractivity contribution is 0.300. The molecule has 0 bridgehead atoms. The summed E-state index contributed by atoms with van der Waals surface area (Å²) in [6.07, 6.45) is 1.34. The van der Waals surface area contributed by atoms with Crippen LogP contribution in [0.4, 0.5) is 0 Å². The summed E-state index contributed by atoms with van der Waals surface area (Å²) in [6, 6.07) is 16.7. The highest BCUT2D eigenvalue weighted by atomic mass is 16.3. The van der Waals surface area contributed by atoms with Gasteiger partial charge in [0.25, 0.3) is 0 Å². The Kier molecular flexibility index (Phi) is 3.68. The van der Waals surface area contributed by atoms with E-state index in [9.17, 15) is 10.2 Å². The van der Waals surface area contributed by atoms with Crippen molar-refractivity contribution >= 4 is 21.5 Å². The van der Waals surface area contributed by atoms with Crippen LogP contribution in [0.3, 0.4) is 0 Å². The first-order valence-electron chi connectivity index (χ1n) is 6.99. The maximum Gasteiger partial charge on any atom is 0.0471 e. The van der Waals surface area contributed by atoms with E-state index in [0.717, 1.165) is 0 Å². The van der Waals surface area contributed by atoms with Gasteiger partial charge < -0.3 is 10.2 Å². The van der Waals surface area contributed by atoms with Crippen molar-refractivity contribution in [2.45, 2.75) is 12.8 Å². The monoisotopic (exact) mass is 266 g/mol. The molecule has 0 amide bonds. The molecule has 2 N–H and O–H groups in total. The summed E-state index contributed by atoms with van der Waals surface area (Å²) in [6.45, 7) is 0.321. The fourth-order valence-electron chi connectivity index (χ4n) is 2.96. The van der Waals surface area contributed by atoms with Crippen LogP contribution < -0.4 is 0 Å². The highest BCUT2D eigenvalue weighted by molar-refractivity contribution is 6.10. The molecule has 0 spiro atoms. The SMILES string of the molecule is OCCc1cccc2c1ccc1cccc(CCO)c12. The summed E-state index contributed by atoms with van der Waals surface area (Å²) in [5.41, 5.74) is 2.35. The topological polar surface area (TPSA) is 40.5 Å². The number of aliphatic hydroxyl groups excluding tert-OH is 2. The zero-order valence-corrected chi connectivity index (χ0v) is 11.3. The lowest BCUT2D eigenvalue weighted by Gasteiger charge is -2.11. The predicted octanol–water partition coefficient (Wildman–Crippen LogP) is 3.06. The van der Waals surface area contributed by atoms with E-state index in [1.165, 1.54) is 32.7 Å². The number of fused-ring (bicyclic) bond motifs is 3. The van der Waals surface area contributed by atoms with Gasteiger partial charge in [-0.15, -0.1) is 0 Å². The van der Waals surface area contributed by atoms with Gasteiger partial charge in [0.15, 0.2) is 0 Å². The summed E-state index contributed by atoms with van der Waals surface area (Å²) in [7, 11) is 0. The van der Waals surface area contributed by atoms with Gasteiger partial charge in [-0.25, -0.2) is 0 Å². The number of aliphatic hydroxyl groups is 2. The van der Waals surface area contributed by atoms with Crippen molar-refractivity contribution in [2.75, 3.05) is 13.2 Å². The molecular formula is C18H18O2. The molecule has 0 unspecified atom stereocenters. The highest BCUT2D eigenvalue weighted by Gasteiger charge is 2.07. The van der Waals surface area contributed by atoms with E-state index in [1.54, 1.807) is 0 Å². The lowest BCUT2D eigenvalue weighted by Crippen LogP contribution is -1.95. The van der Waals surface area contributed by atoms with E-state index in [4.69, 9.17) is 0 Å². The van der Waals surface area contributed by atoms with Crippen LogP contribution in [0, 0.1) is 0 Å². The van der Waals surface area contributed by atoms with Crippen LogP contribution in [-0.2, 0) is 12.8 Å². The second-order valence-corrected chi connectivity index (χ2v) is 5.04. The van der Waals surface area contributed by atoms with Crippen LogP contribution in [0.1, 0.15) is 11.1 Å². The molecule has 2 nitrogen and oxygen atoms in total. The van der Waals surface area contributed by atoms with E-state index >= 15 is 0 Å². The molecule has 0 fully saturated rings. The minimum absolute atomic E-state index is 0.159. The van der Waals surface area contributed by atoms with Crippen LogP contribution in [-0.4, -0.2) is 23.4 Å². The summed E-state index contributed by atoms with van der Waals surface area (Å²) in [5.74, 6) is 0. The van der Waals surface area contributed by atoms with Gasteiger partial charge in [0.05, 0.1) is 0 Å². The fraction of sp³-hybridized carbons (Fsp3) is 0.222. The third-order valence-corrected chi connectivity index (χ3v) is 3.84. The molecule has 20 heavy (non-hydrogen) atoms. The van der Waals surface area contributed by atoms with Crippen molar-refractivity contribution in [3.05, 3.63) is 59.7 Å². The van der Waals surface area contributed by atoms with Crippen molar-refractivity contribution in [2.24, 2.45) is 0 Å². The van der Waals surface area contributed by atoms with Crippen molar-refractivity contribution in [1.82, 2.24) is 0 Å². The molecule has 0 saturated heterocycles. The van der Waals surface area contributed by atoms with E-state index in [-0.39, 0.29) is 13.2 Å². The fourth-order valence-corrected chi connectivity index (χ4v) is 2.96. The maximum atomic E-state index is 9.26. The molecule has 0 aromatic heterocycles. The number of hydrogen-bond donors (Lipinski definition) is 2. The maximum absolute atomic E-state index is 9.26. The van der Waals surface area contributed by atoms with Gasteiger partial charge in [0.2, 0.25) is 0 Å². The van der Waals surface area contributed by atoms with Crippen LogP contribution in [0.2, 0.25) is 0 Å². The smallest absolute Gasteiger partial charge is 0.0471 e. The highest BCUT2D eigenvalue weighted by Crippen LogP contribution is 2.30. The Morgan fingerprint density at radius 2 is 1.35 bits per heavy atom. The average molecular weight is 266 g/mol. The van der Waals surface area contributed by atoms with Crippen LogP contribution in [0.5, 0.6) is 0 Å². The Labute approximate surface area is 118 Å². The van der Waals surface area contributed by atoms with Gasteiger partial charge >= 0.3 is 0 Å². The van der Waals surface area contributed by atoms with E-state index in [1.807, 2.05) is 12.1 Å². The Bertz CT molecular complexity index is 747. The molecule has 3 aromatic rings. The Morgan fingerprint density at radius 1 is 0.650 bits per heavy atom. The number of hydrogen-bond acceptors (Lipinski definition) is 2. The van der Waals surface area contributed by atoms with Crippen LogP contribution >= 0.6 is 0 Å². The van der Waals surface area contributed by atoms with Gasteiger partial charge in [0, 0.05) is 13.2 Å². The molecule has 0 heterocycles. The van der Waals surface area contributed by atoms with E-state index < -0.39 is 0 Å². The molecule has 0 radical (unpaired) electrons. The minimum Gasteiger partial charge on any atom is -0.396 e. The molecule has 102 valence electrons. The third-order valence-electron chi connectivity index (χ3n) is 3.84. The first-order valence-corrected chi connectivity index (χ1v) is 6.99. The molecule has 2 heteroatoms. The molecule has 0 atom stereocenters. The summed E-state index contributed by atoms with van der Waals surface area (Å²) in [5, 5.41) is 23.3. The molecule has 0 aliphatic rings. The van der Waals surface area contributed by atoms with Crippen LogP contribution in [0.25, 0.3) is 21.5 Å². The molecule has 0 saturated carbocycles. The van der Waals surface area contributed by atoms with Crippen molar-refractivity contribution in [3.8, 4) is 0 Å². The minimum atomic E-state index is 0.159. The van der Waals surface area contributed by atoms with Gasteiger partial charge in [0.1, 0.15) is 0 Å². The number of benzene rings is 3. The van der Waals surface area contributed by atoms with Crippen LogP contribution in [0.15, 0.2) is 48.5 Å². The normalized spacial score (nSPS) is 11.3. The first kappa shape index (κ1) is 13.1. The molecule has 3 aromatic carbocycles. The first-order chi connectivity index (χ1) is 9.85. The third kappa shape index (κ3) is 2.17. The van der Waals surface area contributed by atoms with E-state index in [2.05, 4.69) is 36.4 Å². The Morgan fingerprint density at radius 3 is 2.15 bits per heavy atom. The number of rotatable bonds is 4. The van der Waals surface area contributed by atoms with Gasteiger partial charge in [-0.3, -0.25) is 0 Å². The molecule has 0 aliphatic heterocycles. The van der Waals surface area contributed by atoms with Gasteiger partial charge in [-0.1, -0.05) is 48.5 Å². The summed E-state index contributed by atoms with van der Waals surface area (Å²) in [4.78, 5) is 0. The van der Waals surface area contributed by atoms with Gasteiger partial charge in [-0.2, -0.15) is 0 Å². The standard InChI is InChI=1S/C18H18O2/c19-11-9-13-3-2-6-17-16(13)8-7-14-4-1-5-15(10-12-20)18(14)17/h1-8,19-20H,9-12H2. The van der Waals surface area contributed by atoms with Crippen molar-refractivity contribution in [3.63, 3.8) is 0 Å². The summed E-state index contributed by atoms with van der Waals surface area (Å²) < 4.78 is 0. The Hall–Kier alpha value is -1.90. The zero-order chi connectivity index (χ0) is 13.9. The zero-order valence-electron chi connectivity index (χ0n) is 11.3. The second kappa shape index (κ2) is 5.61. The summed E-state index contributed by atoms with van der Waals surface area (Å²) >= 11 is 0.